The first-order valence-electron chi connectivity index (χ1n) is 6.42. The lowest BCUT2D eigenvalue weighted by molar-refractivity contribution is 0.172. The van der Waals surface area contributed by atoms with Crippen molar-refractivity contribution in [3.8, 4) is 0 Å². The molecular weight excluding hydrogens is 256 g/mol. The highest BCUT2D eigenvalue weighted by Gasteiger charge is 2.19. The predicted molar refractivity (Wildman–Crippen MR) is 78.5 cm³/mol. The van der Waals surface area contributed by atoms with Crippen molar-refractivity contribution in [1.82, 2.24) is 9.97 Å². The molecule has 1 atom stereocenters. The molecule has 0 aromatic carbocycles. The number of hydrogen-bond acceptors (Lipinski definition) is 4. The zero-order valence-corrected chi connectivity index (χ0v) is 12.7. The Kier molecular flexibility index (Phi) is 4.02. The van der Waals surface area contributed by atoms with E-state index in [1.54, 1.807) is 17.5 Å². The number of aromatic nitrogens is 2. The van der Waals surface area contributed by atoms with Crippen LogP contribution >= 0.6 is 11.3 Å². The van der Waals surface area contributed by atoms with E-state index in [4.69, 9.17) is 0 Å². The van der Waals surface area contributed by atoms with Crippen LogP contribution in [0, 0.1) is 6.92 Å². The molecule has 2 heterocycles. The molecule has 0 radical (unpaired) electrons. The zero-order chi connectivity index (χ0) is 14.0. The summed E-state index contributed by atoms with van der Waals surface area (Å²) in [6, 6.07) is 3.85. The van der Waals surface area contributed by atoms with E-state index in [2.05, 4.69) is 36.1 Å². The number of aliphatic hydroxyl groups is 1. The van der Waals surface area contributed by atoms with Crippen LogP contribution in [-0.2, 0) is 11.8 Å². The number of thiazole rings is 1. The Balaban J connectivity index is 2.14. The molecule has 3 nitrogen and oxygen atoms in total. The Morgan fingerprint density at radius 3 is 2.68 bits per heavy atom. The molecule has 0 saturated heterocycles. The minimum Gasteiger partial charge on any atom is -0.386 e. The van der Waals surface area contributed by atoms with Crippen molar-refractivity contribution in [2.75, 3.05) is 0 Å². The van der Waals surface area contributed by atoms with Crippen molar-refractivity contribution in [1.29, 1.82) is 0 Å². The number of aliphatic hydroxyl groups excluding tert-OH is 1. The van der Waals surface area contributed by atoms with Gasteiger partial charge in [-0.3, -0.25) is 4.98 Å². The van der Waals surface area contributed by atoms with Crippen LogP contribution in [0.15, 0.2) is 23.7 Å². The van der Waals surface area contributed by atoms with E-state index in [1.165, 1.54) is 0 Å². The molecule has 102 valence electrons. The van der Waals surface area contributed by atoms with Gasteiger partial charge in [0.05, 0.1) is 16.4 Å². The summed E-state index contributed by atoms with van der Waals surface area (Å²) in [6.07, 6.45) is 1.66. The van der Waals surface area contributed by atoms with Gasteiger partial charge in [-0.15, -0.1) is 11.3 Å². The summed E-state index contributed by atoms with van der Waals surface area (Å²) in [5.74, 6) is 0. The molecule has 0 aliphatic heterocycles. The van der Waals surface area contributed by atoms with Gasteiger partial charge in [-0.2, -0.15) is 0 Å². The quantitative estimate of drug-likeness (QED) is 0.934. The van der Waals surface area contributed by atoms with Crippen molar-refractivity contribution in [3.05, 3.63) is 45.7 Å². The number of rotatable bonds is 3. The SMILES string of the molecule is Cc1cccnc1C(O)Cc1nc(C(C)(C)C)cs1. The van der Waals surface area contributed by atoms with Crippen molar-refractivity contribution in [3.63, 3.8) is 0 Å². The smallest absolute Gasteiger partial charge is 0.103 e. The van der Waals surface area contributed by atoms with E-state index >= 15 is 0 Å². The van der Waals surface area contributed by atoms with Crippen LogP contribution in [0.1, 0.15) is 48.8 Å². The highest BCUT2D eigenvalue weighted by Crippen LogP contribution is 2.26. The largest absolute Gasteiger partial charge is 0.386 e. The second-order valence-corrected chi connectivity index (χ2v) is 6.74. The van der Waals surface area contributed by atoms with Gasteiger partial charge in [-0.25, -0.2) is 4.98 Å². The van der Waals surface area contributed by atoms with Gasteiger partial charge in [0.2, 0.25) is 0 Å². The molecule has 1 N–H and O–H groups in total. The van der Waals surface area contributed by atoms with E-state index in [9.17, 15) is 5.11 Å². The maximum Gasteiger partial charge on any atom is 0.103 e. The van der Waals surface area contributed by atoms with E-state index in [-0.39, 0.29) is 5.41 Å². The van der Waals surface area contributed by atoms with Crippen LogP contribution in [0.4, 0.5) is 0 Å². The summed E-state index contributed by atoms with van der Waals surface area (Å²) in [5, 5.41) is 13.3. The second kappa shape index (κ2) is 5.39. The van der Waals surface area contributed by atoms with Crippen LogP contribution in [0.3, 0.4) is 0 Å². The van der Waals surface area contributed by atoms with E-state index < -0.39 is 6.10 Å². The van der Waals surface area contributed by atoms with Gasteiger partial charge in [-0.05, 0) is 18.6 Å². The Morgan fingerprint density at radius 1 is 1.37 bits per heavy atom. The Morgan fingerprint density at radius 2 is 2.11 bits per heavy atom. The van der Waals surface area contributed by atoms with Gasteiger partial charge in [0, 0.05) is 23.4 Å². The van der Waals surface area contributed by atoms with Gasteiger partial charge in [-0.1, -0.05) is 26.8 Å². The van der Waals surface area contributed by atoms with Crippen molar-refractivity contribution in [2.45, 2.75) is 45.6 Å². The lowest BCUT2D eigenvalue weighted by atomic mass is 9.93. The number of aryl methyl sites for hydroxylation is 1. The molecule has 0 spiro atoms. The number of hydrogen-bond donors (Lipinski definition) is 1. The van der Waals surface area contributed by atoms with E-state index in [0.717, 1.165) is 22.0 Å². The molecule has 2 rings (SSSR count). The minimum atomic E-state index is -0.583. The molecule has 0 fully saturated rings. The third kappa shape index (κ3) is 3.39. The summed E-state index contributed by atoms with van der Waals surface area (Å²) in [7, 11) is 0. The van der Waals surface area contributed by atoms with Gasteiger partial charge >= 0.3 is 0 Å². The predicted octanol–water partition coefficient (Wildman–Crippen LogP) is 3.42. The first-order valence-corrected chi connectivity index (χ1v) is 7.30. The lowest BCUT2D eigenvalue weighted by Gasteiger charge is -2.14. The fraction of sp³-hybridized carbons (Fsp3) is 0.467. The molecule has 2 aromatic rings. The van der Waals surface area contributed by atoms with E-state index in [1.807, 2.05) is 19.1 Å². The fourth-order valence-electron chi connectivity index (χ4n) is 1.86. The summed E-state index contributed by atoms with van der Waals surface area (Å²) >= 11 is 1.61. The van der Waals surface area contributed by atoms with Crippen LogP contribution < -0.4 is 0 Å². The molecule has 19 heavy (non-hydrogen) atoms. The van der Waals surface area contributed by atoms with E-state index in [0.29, 0.717) is 6.42 Å². The van der Waals surface area contributed by atoms with Crippen LogP contribution in [0.5, 0.6) is 0 Å². The van der Waals surface area contributed by atoms with Crippen molar-refractivity contribution in [2.24, 2.45) is 0 Å². The maximum absolute atomic E-state index is 10.3. The summed E-state index contributed by atoms with van der Waals surface area (Å²) < 4.78 is 0. The summed E-state index contributed by atoms with van der Waals surface area (Å²) in [6.45, 7) is 8.40. The monoisotopic (exact) mass is 276 g/mol. The standard InChI is InChI=1S/C15H20N2OS/c1-10-6-5-7-16-14(10)11(18)8-13-17-12(9-19-13)15(2,3)4/h5-7,9,11,18H,8H2,1-4H3. The number of nitrogens with zero attached hydrogens (tertiary/aromatic N) is 2. The molecule has 2 aromatic heterocycles. The van der Waals surface area contributed by atoms with Crippen LogP contribution in [0.2, 0.25) is 0 Å². The lowest BCUT2D eigenvalue weighted by Crippen LogP contribution is -2.12. The maximum atomic E-state index is 10.3. The summed E-state index contributed by atoms with van der Waals surface area (Å²) in [4.78, 5) is 8.86. The highest BCUT2D eigenvalue weighted by molar-refractivity contribution is 7.09. The average molecular weight is 276 g/mol. The topological polar surface area (TPSA) is 46.0 Å². The molecule has 0 bridgehead atoms. The fourth-order valence-corrected chi connectivity index (χ4v) is 2.92. The Bertz CT molecular complexity index is 557. The summed E-state index contributed by atoms with van der Waals surface area (Å²) in [5.41, 5.74) is 2.90. The first-order chi connectivity index (χ1) is 8.88. The first kappa shape index (κ1) is 14.2. The molecular formula is C15H20N2OS. The molecule has 0 saturated carbocycles. The molecule has 0 amide bonds. The highest BCUT2D eigenvalue weighted by atomic mass is 32.1. The van der Waals surface area contributed by atoms with Gasteiger partial charge in [0.1, 0.15) is 6.10 Å². The number of pyridine rings is 1. The normalized spacial score (nSPS) is 13.5. The minimum absolute atomic E-state index is 0.0562. The molecule has 0 aliphatic rings. The van der Waals surface area contributed by atoms with Crippen LogP contribution in [0.25, 0.3) is 0 Å². The van der Waals surface area contributed by atoms with Crippen molar-refractivity contribution >= 4 is 11.3 Å². The third-order valence-electron chi connectivity index (χ3n) is 3.05. The molecule has 4 heteroatoms. The van der Waals surface area contributed by atoms with Gasteiger partial charge in [0.25, 0.3) is 0 Å². The molecule has 1 unspecified atom stereocenters. The Labute approximate surface area is 118 Å². The third-order valence-corrected chi connectivity index (χ3v) is 3.92. The van der Waals surface area contributed by atoms with Crippen molar-refractivity contribution < 1.29 is 5.11 Å². The van der Waals surface area contributed by atoms with Crippen LogP contribution in [-0.4, -0.2) is 15.1 Å². The molecule has 0 aliphatic carbocycles. The van der Waals surface area contributed by atoms with Gasteiger partial charge < -0.3 is 5.11 Å². The zero-order valence-electron chi connectivity index (χ0n) is 11.8. The second-order valence-electron chi connectivity index (χ2n) is 5.80. The van der Waals surface area contributed by atoms with Gasteiger partial charge in [0.15, 0.2) is 0 Å². The Hall–Kier alpha value is -1.26. The average Bonchev–Trinajstić information content (AvgIpc) is 2.77.